The highest BCUT2D eigenvalue weighted by Crippen LogP contribution is 2.26. The van der Waals surface area contributed by atoms with E-state index in [0.717, 1.165) is 18.9 Å². The standard InChI is InChI=1S/C16H27N5O3/c1-11(2)14-12(4-6-24-14)8-17-16(22)21-5-7-23-13(9-21)15-19-18-10-20(15)3/h10-14H,4-9H2,1-3H3,(H,17,22)/t12-,13-,14-/m0/s1. The SMILES string of the molecule is CC(C)[C@@H]1OCC[C@H]1CNC(=O)N1CCO[C@H](c2nncn2C)C1. The van der Waals surface area contributed by atoms with Crippen molar-refractivity contribution in [3.63, 3.8) is 0 Å². The summed E-state index contributed by atoms with van der Waals surface area (Å²) in [6.45, 7) is 7.37. The summed E-state index contributed by atoms with van der Waals surface area (Å²) in [7, 11) is 1.88. The summed E-state index contributed by atoms with van der Waals surface area (Å²) < 4.78 is 13.4. The molecule has 1 N–H and O–H groups in total. The maximum atomic E-state index is 12.5. The molecule has 8 heteroatoms. The van der Waals surface area contributed by atoms with Crippen LogP contribution in [0.15, 0.2) is 6.33 Å². The molecule has 3 heterocycles. The molecule has 2 aliphatic heterocycles. The number of nitrogens with zero attached hydrogens (tertiary/aromatic N) is 4. The third-order valence-electron chi connectivity index (χ3n) is 4.82. The zero-order valence-corrected chi connectivity index (χ0v) is 14.6. The molecular formula is C16H27N5O3. The topological polar surface area (TPSA) is 81.5 Å². The minimum absolute atomic E-state index is 0.0418. The van der Waals surface area contributed by atoms with Crippen LogP contribution in [0.5, 0.6) is 0 Å². The van der Waals surface area contributed by atoms with Gasteiger partial charge in [0.1, 0.15) is 12.4 Å². The fourth-order valence-electron chi connectivity index (χ4n) is 3.51. The first-order valence-corrected chi connectivity index (χ1v) is 8.66. The first-order chi connectivity index (χ1) is 11.6. The first kappa shape index (κ1) is 17.2. The predicted molar refractivity (Wildman–Crippen MR) is 87.4 cm³/mol. The lowest BCUT2D eigenvalue weighted by Gasteiger charge is -2.33. The summed E-state index contributed by atoms with van der Waals surface area (Å²) in [6, 6.07) is -0.0418. The van der Waals surface area contributed by atoms with Crippen LogP contribution in [0.25, 0.3) is 0 Å². The molecule has 8 nitrogen and oxygen atoms in total. The second-order valence-corrected chi connectivity index (χ2v) is 6.92. The van der Waals surface area contributed by atoms with Crippen LogP contribution in [0.1, 0.15) is 32.2 Å². The zero-order chi connectivity index (χ0) is 17.1. The van der Waals surface area contributed by atoms with E-state index < -0.39 is 0 Å². The van der Waals surface area contributed by atoms with Crippen molar-refractivity contribution in [3.05, 3.63) is 12.2 Å². The van der Waals surface area contributed by atoms with E-state index in [0.29, 0.717) is 38.1 Å². The largest absolute Gasteiger partial charge is 0.378 e. The number of aromatic nitrogens is 3. The molecule has 0 unspecified atom stereocenters. The molecule has 24 heavy (non-hydrogen) atoms. The van der Waals surface area contributed by atoms with E-state index in [1.165, 1.54) is 0 Å². The van der Waals surface area contributed by atoms with Crippen molar-refractivity contribution >= 4 is 6.03 Å². The number of ether oxygens (including phenoxy) is 2. The lowest BCUT2D eigenvalue weighted by atomic mass is 9.93. The number of carbonyl (C=O) groups is 1. The van der Waals surface area contributed by atoms with Crippen molar-refractivity contribution in [3.8, 4) is 0 Å². The molecule has 2 fully saturated rings. The number of hydrogen-bond acceptors (Lipinski definition) is 5. The Labute approximate surface area is 142 Å². The first-order valence-electron chi connectivity index (χ1n) is 8.66. The van der Waals surface area contributed by atoms with Gasteiger partial charge < -0.3 is 24.3 Å². The van der Waals surface area contributed by atoms with Crippen molar-refractivity contribution in [2.24, 2.45) is 18.9 Å². The summed E-state index contributed by atoms with van der Waals surface area (Å²) in [4.78, 5) is 14.3. The van der Waals surface area contributed by atoms with Crippen molar-refractivity contribution in [2.45, 2.75) is 32.5 Å². The van der Waals surface area contributed by atoms with Crippen LogP contribution < -0.4 is 5.32 Å². The second-order valence-electron chi connectivity index (χ2n) is 6.92. The van der Waals surface area contributed by atoms with Crippen molar-refractivity contribution in [1.82, 2.24) is 25.0 Å². The molecule has 134 valence electrons. The van der Waals surface area contributed by atoms with Crippen LogP contribution in [0.3, 0.4) is 0 Å². The minimum Gasteiger partial charge on any atom is -0.378 e. The molecule has 2 aliphatic rings. The highest BCUT2D eigenvalue weighted by Gasteiger charge is 2.32. The van der Waals surface area contributed by atoms with Gasteiger partial charge in [-0.15, -0.1) is 10.2 Å². The molecule has 0 spiro atoms. The zero-order valence-electron chi connectivity index (χ0n) is 14.6. The van der Waals surface area contributed by atoms with E-state index >= 15 is 0 Å². The molecule has 0 aliphatic carbocycles. The molecule has 0 radical (unpaired) electrons. The van der Waals surface area contributed by atoms with Gasteiger partial charge in [0.25, 0.3) is 0 Å². The van der Waals surface area contributed by atoms with Gasteiger partial charge >= 0.3 is 6.03 Å². The highest BCUT2D eigenvalue weighted by atomic mass is 16.5. The molecular weight excluding hydrogens is 310 g/mol. The van der Waals surface area contributed by atoms with Gasteiger partial charge in [-0.2, -0.15) is 0 Å². The Morgan fingerprint density at radius 3 is 2.96 bits per heavy atom. The van der Waals surface area contributed by atoms with Crippen LogP contribution in [0.2, 0.25) is 0 Å². The summed E-state index contributed by atoms with van der Waals surface area (Å²) in [5, 5.41) is 11.0. The van der Waals surface area contributed by atoms with Gasteiger partial charge in [0.15, 0.2) is 5.82 Å². The average Bonchev–Trinajstić information content (AvgIpc) is 3.21. The third-order valence-corrected chi connectivity index (χ3v) is 4.82. The number of morpholine rings is 1. The van der Waals surface area contributed by atoms with Gasteiger partial charge in [0.05, 0.1) is 19.3 Å². The number of urea groups is 1. The van der Waals surface area contributed by atoms with E-state index in [4.69, 9.17) is 9.47 Å². The molecule has 0 saturated carbocycles. The molecule has 1 aromatic rings. The van der Waals surface area contributed by atoms with E-state index in [1.54, 1.807) is 11.2 Å². The van der Waals surface area contributed by atoms with E-state index in [9.17, 15) is 4.79 Å². The molecule has 2 saturated heterocycles. The van der Waals surface area contributed by atoms with Crippen LogP contribution >= 0.6 is 0 Å². The number of amides is 2. The van der Waals surface area contributed by atoms with Gasteiger partial charge in [-0.05, 0) is 12.3 Å². The Balaban J connectivity index is 1.52. The van der Waals surface area contributed by atoms with Gasteiger partial charge in [-0.1, -0.05) is 13.8 Å². The molecule has 2 amide bonds. The number of rotatable bonds is 4. The Kier molecular flexibility index (Phi) is 5.35. The fraction of sp³-hybridized carbons (Fsp3) is 0.812. The summed E-state index contributed by atoms with van der Waals surface area (Å²) in [5.41, 5.74) is 0. The quantitative estimate of drug-likeness (QED) is 0.885. The second kappa shape index (κ2) is 7.48. The van der Waals surface area contributed by atoms with Crippen LogP contribution in [0.4, 0.5) is 4.79 Å². The Bertz CT molecular complexity index is 562. The Morgan fingerprint density at radius 1 is 1.42 bits per heavy atom. The van der Waals surface area contributed by atoms with Crippen molar-refractivity contribution < 1.29 is 14.3 Å². The molecule has 3 rings (SSSR count). The van der Waals surface area contributed by atoms with Gasteiger partial charge in [0, 0.05) is 32.7 Å². The Hall–Kier alpha value is -1.67. The number of hydrogen-bond donors (Lipinski definition) is 1. The smallest absolute Gasteiger partial charge is 0.317 e. The molecule has 0 bridgehead atoms. The normalized spacial score (nSPS) is 27.7. The fourth-order valence-corrected chi connectivity index (χ4v) is 3.51. The number of carbonyl (C=O) groups excluding carboxylic acids is 1. The minimum atomic E-state index is -0.227. The van der Waals surface area contributed by atoms with Crippen LogP contribution in [-0.4, -0.2) is 64.6 Å². The molecule has 0 aromatic carbocycles. The maximum Gasteiger partial charge on any atom is 0.317 e. The number of nitrogens with one attached hydrogen (secondary N) is 1. The highest BCUT2D eigenvalue weighted by molar-refractivity contribution is 5.74. The summed E-state index contributed by atoms with van der Waals surface area (Å²) in [6.07, 6.45) is 2.66. The Morgan fingerprint density at radius 2 is 2.25 bits per heavy atom. The summed E-state index contributed by atoms with van der Waals surface area (Å²) in [5.74, 6) is 1.61. The van der Waals surface area contributed by atoms with Crippen molar-refractivity contribution in [2.75, 3.05) is 32.8 Å². The van der Waals surface area contributed by atoms with Crippen LogP contribution in [-0.2, 0) is 16.5 Å². The predicted octanol–water partition coefficient (Wildman–Crippen LogP) is 0.959. The average molecular weight is 337 g/mol. The maximum absolute atomic E-state index is 12.5. The lowest BCUT2D eigenvalue weighted by molar-refractivity contribution is -0.0217. The van der Waals surface area contributed by atoms with Gasteiger partial charge in [-0.3, -0.25) is 0 Å². The lowest BCUT2D eigenvalue weighted by Crippen LogP contribution is -2.49. The van der Waals surface area contributed by atoms with Gasteiger partial charge in [0.2, 0.25) is 0 Å². The van der Waals surface area contributed by atoms with Gasteiger partial charge in [-0.25, -0.2) is 4.79 Å². The van der Waals surface area contributed by atoms with E-state index in [-0.39, 0.29) is 18.2 Å². The van der Waals surface area contributed by atoms with E-state index in [1.807, 2.05) is 11.6 Å². The summed E-state index contributed by atoms with van der Waals surface area (Å²) >= 11 is 0. The van der Waals surface area contributed by atoms with Crippen LogP contribution in [0, 0.1) is 11.8 Å². The molecule has 1 aromatic heterocycles. The van der Waals surface area contributed by atoms with Crippen molar-refractivity contribution in [1.29, 1.82) is 0 Å². The number of aryl methyl sites for hydroxylation is 1. The monoisotopic (exact) mass is 337 g/mol. The third kappa shape index (κ3) is 3.70. The molecule has 3 atom stereocenters. The van der Waals surface area contributed by atoms with E-state index in [2.05, 4.69) is 29.4 Å².